The zero-order chi connectivity index (χ0) is 14.7. The van der Waals surface area contributed by atoms with Crippen LogP contribution >= 0.6 is 11.6 Å². The van der Waals surface area contributed by atoms with Gasteiger partial charge in [-0.1, -0.05) is 44.4 Å². The van der Waals surface area contributed by atoms with E-state index < -0.39 is 5.97 Å². The lowest BCUT2D eigenvalue weighted by Gasteiger charge is -2.36. The van der Waals surface area contributed by atoms with Gasteiger partial charge in [-0.2, -0.15) is 0 Å². The van der Waals surface area contributed by atoms with Gasteiger partial charge in [-0.05, 0) is 36.8 Å². The summed E-state index contributed by atoms with van der Waals surface area (Å²) >= 11 is 6.02. The number of nitrogens with one attached hydrogen (secondary N) is 1. The monoisotopic (exact) mass is 295 g/mol. The van der Waals surface area contributed by atoms with Gasteiger partial charge in [-0.3, -0.25) is 0 Å². The zero-order valence-corrected chi connectivity index (χ0v) is 12.8. The highest BCUT2D eigenvalue weighted by Crippen LogP contribution is 2.34. The number of rotatable bonds is 4. The fraction of sp³-hybridized carbons (Fsp3) is 0.562. The van der Waals surface area contributed by atoms with Gasteiger partial charge in [0.1, 0.15) is 5.56 Å². The maximum absolute atomic E-state index is 11.4. The van der Waals surface area contributed by atoms with E-state index in [1.165, 1.54) is 19.3 Å². The van der Waals surface area contributed by atoms with Crippen molar-refractivity contribution < 1.29 is 9.90 Å². The molecule has 1 aromatic carbocycles. The van der Waals surface area contributed by atoms with E-state index in [0.29, 0.717) is 28.6 Å². The molecule has 1 aliphatic rings. The highest BCUT2D eigenvalue weighted by molar-refractivity contribution is 6.34. The van der Waals surface area contributed by atoms with Crippen LogP contribution in [0.25, 0.3) is 0 Å². The molecule has 1 aromatic rings. The van der Waals surface area contributed by atoms with Crippen LogP contribution < -0.4 is 5.32 Å². The molecule has 0 amide bonds. The molecule has 0 aliphatic heterocycles. The van der Waals surface area contributed by atoms with E-state index in [9.17, 15) is 9.90 Å². The third-order valence-corrected chi connectivity index (χ3v) is 4.56. The number of carboxylic acids is 1. The number of benzene rings is 1. The lowest BCUT2D eigenvalue weighted by atomic mass is 9.77. The van der Waals surface area contributed by atoms with Crippen molar-refractivity contribution in [2.45, 2.75) is 45.6 Å². The number of carbonyl (C=O) groups is 1. The average Bonchev–Trinajstić information content (AvgIpc) is 2.38. The van der Waals surface area contributed by atoms with Gasteiger partial charge in [-0.15, -0.1) is 0 Å². The molecule has 1 fully saturated rings. The number of hydrogen-bond donors (Lipinski definition) is 2. The Morgan fingerprint density at radius 2 is 2.05 bits per heavy atom. The molecule has 110 valence electrons. The standard InChI is InChI=1S/C16H22ClNO2/c1-10(2)11-6-3-4-8-13(11)18-14-9-5-7-12(17)15(14)16(19)20/h5,7,9-11,13,18H,3-4,6,8H2,1-2H3,(H,19,20). The summed E-state index contributed by atoms with van der Waals surface area (Å²) in [6.45, 7) is 4.47. The Morgan fingerprint density at radius 1 is 1.35 bits per heavy atom. The second-order valence-corrected chi connectivity index (χ2v) is 6.32. The molecular weight excluding hydrogens is 274 g/mol. The van der Waals surface area contributed by atoms with E-state index in [2.05, 4.69) is 19.2 Å². The highest BCUT2D eigenvalue weighted by atomic mass is 35.5. The fourth-order valence-corrected chi connectivity index (χ4v) is 3.45. The highest BCUT2D eigenvalue weighted by Gasteiger charge is 2.28. The minimum atomic E-state index is -0.977. The summed E-state index contributed by atoms with van der Waals surface area (Å²) in [6, 6.07) is 5.56. The van der Waals surface area contributed by atoms with Crippen molar-refractivity contribution in [2.24, 2.45) is 11.8 Å². The maximum Gasteiger partial charge on any atom is 0.339 e. The van der Waals surface area contributed by atoms with Crippen LogP contribution in [0.3, 0.4) is 0 Å². The second-order valence-electron chi connectivity index (χ2n) is 5.91. The summed E-state index contributed by atoms with van der Waals surface area (Å²) in [5, 5.41) is 13.1. The van der Waals surface area contributed by atoms with Crippen molar-refractivity contribution >= 4 is 23.3 Å². The number of anilines is 1. The molecule has 3 nitrogen and oxygen atoms in total. The molecule has 20 heavy (non-hydrogen) atoms. The number of aromatic carboxylic acids is 1. The molecular formula is C16H22ClNO2. The molecule has 0 bridgehead atoms. The van der Waals surface area contributed by atoms with E-state index in [1.54, 1.807) is 18.2 Å². The third-order valence-electron chi connectivity index (χ3n) is 4.24. The molecule has 2 rings (SSSR count). The largest absolute Gasteiger partial charge is 0.478 e. The van der Waals surface area contributed by atoms with Crippen molar-refractivity contribution in [1.29, 1.82) is 0 Å². The van der Waals surface area contributed by atoms with Crippen LogP contribution in [-0.2, 0) is 0 Å². The van der Waals surface area contributed by atoms with Gasteiger partial charge in [0.25, 0.3) is 0 Å². The van der Waals surface area contributed by atoms with E-state index in [1.807, 2.05) is 0 Å². The first-order valence-corrected chi connectivity index (χ1v) is 7.67. The van der Waals surface area contributed by atoms with E-state index in [-0.39, 0.29) is 5.56 Å². The smallest absolute Gasteiger partial charge is 0.339 e. The molecule has 0 saturated heterocycles. The van der Waals surface area contributed by atoms with Crippen molar-refractivity contribution in [3.8, 4) is 0 Å². The Balaban J connectivity index is 2.24. The molecule has 0 radical (unpaired) electrons. The lowest BCUT2D eigenvalue weighted by Crippen LogP contribution is -2.35. The number of carboxylic acid groups (broad SMARTS) is 1. The predicted molar refractivity (Wildman–Crippen MR) is 82.6 cm³/mol. The summed E-state index contributed by atoms with van der Waals surface area (Å²) in [4.78, 5) is 11.4. The zero-order valence-electron chi connectivity index (χ0n) is 12.0. The maximum atomic E-state index is 11.4. The van der Waals surface area contributed by atoms with E-state index in [0.717, 1.165) is 6.42 Å². The summed E-state index contributed by atoms with van der Waals surface area (Å²) < 4.78 is 0. The topological polar surface area (TPSA) is 49.3 Å². The summed E-state index contributed by atoms with van der Waals surface area (Å²) in [5.41, 5.74) is 0.824. The van der Waals surface area contributed by atoms with Crippen molar-refractivity contribution in [3.63, 3.8) is 0 Å². The molecule has 4 heteroatoms. The second kappa shape index (κ2) is 6.49. The van der Waals surface area contributed by atoms with Gasteiger partial charge in [0.2, 0.25) is 0 Å². The number of halogens is 1. The molecule has 1 aliphatic carbocycles. The molecule has 1 saturated carbocycles. The third kappa shape index (κ3) is 3.26. The quantitative estimate of drug-likeness (QED) is 0.849. The Morgan fingerprint density at radius 3 is 2.70 bits per heavy atom. The fourth-order valence-electron chi connectivity index (χ4n) is 3.20. The predicted octanol–water partition coefficient (Wildman–Crippen LogP) is 4.66. The first kappa shape index (κ1) is 15.2. The van der Waals surface area contributed by atoms with Crippen LogP contribution in [0.15, 0.2) is 18.2 Å². The van der Waals surface area contributed by atoms with Crippen LogP contribution in [0.4, 0.5) is 5.69 Å². The van der Waals surface area contributed by atoms with Gasteiger partial charge in [0.05, 0.1) is 10.7 Å². The SMILES string of the molecule is CC(C)C1CCCCC1Nc1cccc(Cl)c1C(=O)O. The van der Waals surface area contributed by atoms with Gasteiger partial charge >= 0.3 is 5.97 Å². The normalized spacial score (nSPS) is 22.8. The van der Waals surface area contributed by atoms with Gasteiger partial charge in [0.15, 0.2) is 0 Å². The van der Waals surface area contributed by atoms with Gasteiger partial charge in [0, 0.05) is 6.04 Å². The van der Waals surface area contributed by atoms with E-state index in [4.69, 9.17) is 11.6 Å². The molecule has 0 aromatic heterocycles. The minimum Gasteiger partial charge on any atom is -0.478 e. The van der Waals surface area contributed by atoms with Crippen LogP contribution in [0.1, 0.15) is 49.9 Å². The Kier molecular flexibility index (Phi) is 4.92. The van der Waals surface area contributed by atoms with Crippen LogP contribution in [-0.4, -0.2) is 17.1 Å². The van der Waals surface area contributed by atoms with Crippen LogP contribution in [0, 0.1) is 11.8 Å². The molecule has 2 N–H and O–H groups in total. The lowest BCUT2D eigenvalue weighted by molar-refractivity contribution is 0.0698. The first-order chi connectivity index (χ1) is 9.50. The Bertz CT molecular complexity index is 487. The summed E-state index contributed by atoms with van der Waals surface area (Å²) in [5.74, 6) is 0.208. The van der Waals surface area contributed by atoms with Crippen LogP contribution in [0.5, 0.6) is 0 Å². The first-order valence-electron chi connectivity index (χ1n) is 7.29. The average molecular weight is 296 g/mol. The van der Waals surface area contributed by atoms with Crippen molar-refractivity contribution in [2.75, 3.05) is 5.32 Å². The number of hydrogen-bond acceptors (Lipinski definition) is 2. The van der Waals surface area contributed by atoms with Gasteiger partial charge in [-0.25, -0.2) is 4.79 Å². The molecule has 2 atom stereocenters. The summed E-state index contributed by atoms with van der Waals surface area (Å²) in [6.07, 6.45) is 4.76. The van der Waals surface area contributed by atoms with Crippen molar-refractivity contribution in [3.05, 3.63) is 28.8 Å². The Labute approximate surface area is 125 Å². The van der Waals surface area contributed by atoms with Gasteiger partial charge < -0.3 is 10.4 Å². The van der Waals surface area contributed by atoms with Crippen molar-refractivity contribution in [1.82, 2.24) is 0 Å². The minimum absolute atomic E-state index is 0.183. The molecule has 2 unspecified atom stereocenters. The summed E-state index contributed by atoms with van der Waals surface area (Å²) in [7, 11) is 0. The Hall–Kier alpha value is -1.22. The molecule has 0 spiro atoms. The van der Waals surface area contributed by atoms with E-state index >= 15 is 0 Å². The molecule has 0 heterocycles. The van der Waals surface area contributed by atoms with Crippen LogP contribution in [0.2, 0.25) is 5.02 Å².